The Kier molecular flexibility index (Phi) is 3.79. The van der Waals surface area contributed by atoms with Crippen molar-refractivity contribution in [3.05, 3.63) is 29.3 Å². The highest BCUT2D eigenvalue weighted by molar-refractivity contribution is 5.50. The van der Waals surface area contributed by atoms with Crippen LogP contribution in [0.3, 0.4) is 0 Å². The highest BCUT2D eigenvalue weighted by Crippen LogP contribution is 2.27. The average molecular weight is 258 g/mol. The third-order valence-electron chi connectivity index (χ3n) is 4.96. The van der Waals surface area contributed by atoms with Gasteiger partial charge in [0.15, 0.2) is 0 Å². The second kappa shape index (κ2) is 5.54. The standard InChI is InChI=1S/C17H26N2/c1-13(14-8-10-19(2)11-9-14)18-17-7-6-15-4-3-5-16(15)12-17/h6-7,12-14,18H,3-5,8-11H2,1-2H3. The molecule has 1 N–H and O–H groups in total. The first-order valence-electron chi connectivity index (χ1n) is 7.79. The molecule has 0 aromatic heterocycles. The van der Waals surface area contributed by atoms with Crippen molar-refractivity contribution in [3.63, 3.8) is 0 Å². The lowest BCUT2D eigenvalue weighted by molar-refractivity contribution is 0.208. The summed E-state index contributed by atoms with van der Waals surface area (Å²) in [5.74, 6) is 0.824. The first kappa shape index (κ1) is 13.0. The van der Waals surface area contributed by atoms with Crippen LogP contribution in [-0.2, 0) is 12.8 Å². The molecule has 2 nitrogen and oxygen atoms in total. The maximum absolute atomic E-state index is 3.74. The van der Waals surface area contributed by atoms with Crippen molar-refractivity contribution >= 4 is 5.69 Å². The molecule has 19 heavy (non-hydrogen) atoms. The third-order valence-corrected chi connectivity index (χ3v) is 4.96. The van der Waals surface area contributed by atoms with E-state index in [2.05, 4.69) is 42.4 Å². The molecule has 1 aromatic carbocycles. The molecule has 2 aliphatic rings. The molecule has 0 bridgehead atoms. The van der Waals surface area contributed by atoms with Crippen LogP contribution in [0.5, 0.6) is 0 Å². The van der Waals surface area contributed by atoms with Gasteiger partial charge in [-0.15, -0.1) is 0 Å². The Morgan fingerprint density at radius 1 is 1.16 bits per heavy atom. The first-order chi connectivity index (χ1) is 9.22. The Bertz CT molecular complexity index is 433. The van der Waals surface area contributed by atoms with Gasteiger partial charge in [-0.05, 0) is 88.3 Å². The van der Waals surface area contributed by atoms with E-state index < -0.39 is 0 Å². The highest BCUT2D eigenvalue weighted by Gasteiger charge is 2.22. The molecule has 0 spiro atoms. The molecular formula is C17H26N2. The van der Waals surface area contributed by atoms with Crippen molar-refractivity contribution in [2.75, 3.05) is 25.5 Å². The van der Waals surface area contributed by atoms with E-state index in [1.54, 1.807) is 11.1 Å². The van der Waals surface area contributed by atoms with E-state index in [0.29, 0.717) is 6.04 Å². The zero-order valence-electron chi connectivity index (χ0n) is 12.3. The summed E-state index contributed by atoms with van der Waals surface area (Å²) in [5, 5.41) is 3.74. The molecule has 1 unspecified atom stereocenters. The third kappa shape index (κ3) is 2.94. The van der Waals surface area contributed by atoms with Crippen LogP contribution in [0.15, 0.2) is 18.2 Å². The van der Waals surface area contributed by atoms with Gasteiger partial charge in [-0.3, -0.25) is 0 Å². The minimum Gasteiger partial charge on any atom is -0.382 e. The van der Waals surface area contributed by atoms with Crippen LogP contribution >= 0.6 is 0 Å². The fraction of sp³-hybridized carbons (Fsp3) is 0.647. The number of rotatable bonds is 3. The van der Waals surface area contributed by atoms with E-state index in [1.807, 2.05) is 0 Å². The summed E-state index contributed by atoms with van der Waals surface area (Å²) in [6, 6.07) is 7.57. The van der Waals surface area contributed by atoms with Gasteiger partial charge in [0, 0.05) is 11.7 Å². The van der Waals surface area contributed by atoms with Gasteiger partial charge in [-0.25, -0.2) is 0 Å². The molecule has 0 radical (unpaired) electrons. The van der Waals surface area contributed by atoms with Gasteiger partial charge in [0.05, 0.1) is 0 Å². The topological polar surface area (TPSA) is 15.3 Å². The fourth-order valence-electron chi connectivity index (χ4n) is 3.57. The Hall–Kier alpha value is -1.02. The molecule has 1 saturated heterocycles. The summed E-state index contributed by atoms with van der Waals surface area (Å²) in [7, 11) is 2.23. The molecule has 2 heteroatoms. The van der Waals surface area contributed by atoms with E-state index in [4.69, 9.17) is 0 Å². The summed E-state index contributed by atoms with van der Waals surface area (Å²) in [6.07, 6.45) is 6.54. The van der Waals surface area contributed by atoms with Crippen LogP contribution in [0.25, 0.3) is 0 Å². The average Bonchev–Trinajstić information content (AvgIpc) is 2.87. The Morgan fingerprint density at radius 3 is 2.68 bits per heavy atom. The SMILES string of the molecule is CC(Nc1ccc2c(c1)CCC2)C1CCN(C)CC1. The van der Waals surface area contributed by atoms with Crippen molar-refractivity contribution in [2.24, 2.45) is 5.92 Å². The molecule has 1 aliphatic carbocycles. The number of piperidine rings is 1. The molecule has 1 aliphatic heterocycles. The van der Waals surface area contributed by atoms with Crippen molar-refractivity contribution in [1.29, 1.82) is 0 Å². The second-order valence-electron chi connectivity index (χ2n) is 6.41. The second-order valence-corrected chi connectivity index (χ2v) is 6.41. The van der Waals surface area contributed by atoms with Gasteiger partial charge in [0.2, 0.25) is 0 Å². The van der Waals surface area contributed by atoms with Crippen LogP contribution in [0, 0.1) is 5.92 Å². The van der Waals surface area contributed by atoms with Gasteiger partial charge in [-0.1, -0.05) is 6.07 Å². The van der Waals surface area contributed by atoms with Crippen LogP contribution in [-0.4, -0.2) is 31.1 Å². The Labute approximate surface area is 117 Å². The number of likely N-dealkylation sites (tertiary alicyclic amines) is 1. The number of hydrogen-bond donors (Lipinski definition) is 1. The minimum atomic E-state index is 0.591. The summed E-state index contributed by atoms with van der Waals surface area (Å²) in [6.45, 7) is 4.85. The predicted octanol–water partition coefficient (Wildman–Crippen LogP) is 3.32. The first-order valence-corrected chi connectivity index (χ1v) is 7.79. The fourth-order valence-corrected chi connectivity index (χ4v) is 3.57. The number of hydrogen-bond acceptors (Lipinski definition) is 2. The quantitative estimate of drug-likeness (QED) is 0.894. The van der Waals surface area contributed by atoms with Crippen molar-refractivity contribution in [3.8, 4) is 0 Å². The summed E-state index contributed by atoms with van der Waals surface area (Å²) >= 11 is 0. The van der Waals surface area contributed by atoms with Crippen LogP contribution < -0.4 is 5.32 Å². The van der Waals surface area contributed by atoms with Crippen LogP contribution in [0.4, 0.5) is 5.69 Å². The Balaban J connectivity index is 1.61. The number of nitrogens with one attached hydrogen (secondary N) is 1. The molecular weight excluding hydrogens is 232 g/mol. The molecule has 3 rings (SSSR count). The molecule has 1 atom stereocenters. The van der Waals surface area contributed by atoms with Gasteiger partial charge in [0.1, 0.15) is 0 Å². The molecule has 1 heterocycles. The monoisotopic (exact) mass is 258 g/mol. The van der Waals surface area contributed by atoms with E-state index in [0.717, 1.165) is 5.92 Å². The molecule has 104 valence electrons. The normalized spacial score (nSPS) is 22.2. The molecule has 1 aromatic rings. The largest absolute Gasteiger partial charge is 0.382 e. The number of anilines is 1. The van der Waals surface area contributed by atoms with Crippen LogP contribution in [0.2, 0.25) is 0 Å². The molecule has 0 amide bonds. The lowest BCUT2D eigenvalue weighted by Gasteiger charge is -2.33. The van der Waals surface area contributed by atoms with E-state index in [-0.39, 0.29) is 0 Å². The summed E-state index contributed by atoms with van der Waals surface area (Å²) in [5.41, 5.74) is 4.46. The molecule has 0 saturated carbocycles. The minimum absolute atomic E-state index is 0.591. The van der Waals surface area contributed by atoms with Gasteiger partial charge in [-0.2, -0.15) is 0 Å². The molecule has 1 fully saturated rings. The smallest absolute Gasteiger partial charge is 0.0345 e. The lowest BCUT2D eigenvalue weighted by Crippen LogP contribution is -2.37. The van der Waals surface area contributed by atoms with Crippen LogP contribution in [0.1, 0.15) is 37.3 Å². The van der Waals surface area contributed by atoms with Crippen molar-refractivity contribution in [1.82, 2.24) is 4.90 Å². The maximum atomic E-state index is 3.74. The zero-order valence-corrected chi connectivity index (χ0v) is 12.3. The number of fused-ring (bicyclic) bond motifs is 1. The van der Waals surface area contributed by atoms with E-state index in [1.165, 1.54) is 50.9 Å². The van der Waals surface area contributed by atoms with E-state index in [9.17, 15) is 0 Å². The van der Waals surface area contributed by atoms with Gasteiger partial charge in [0.25, 0.3) is 0 Å². The maximum Gasteiger partial charge on any atom is 0.0345 e. The number of nitrogens with zero attached hydrogens (tertiary/aromatic N) is 1. The Morgan fingerprint density at radius 2 is 1.89 bits per heavy atom. The lowest BCUT2D eigenvalue weighted by atomic mass is 9.90. The predicted molar refractivity (Wildman–Crippen MR) is 81.8 cm³/mol. The number of aryl methyl sites for hydroxylation is 2. The van der Waals surface area contributed by atoms with E-state index >= 15 is 0 Å². The number of benzene rings is 1. The summed E-state index contributed by atoms with van der Waals surface area (Å²) < 4.78 is 0. The summed E-state index contributed by atoms with van der Waals surface area (Å²) in [4.78, 5) is 2.44. The van der Waals surface area contributed by atoms with Crippen molar-refractivity contribution in [2.45, 2.75) is 45.1 Å². The zero-order chi connectivity index (χ0) is 13.2. The van der Waals surface area contributed by atoms with Gasteiger partial charge < -0.3 is 10.2 Å². The highest BCUT2D eigenvalue weighted by atomic mass is 15.1. The van der Waals surface area contributed by atoms with Crippen molar-refractivity contribution < 1.29 is 0 Å². The van der Waals surface area contributed by atoms with Gasteiger partial charge >= 0.3 is 0 Å².